The van der Waals surface area contributed by atoms with Crippen LogP contribution in [0, 0.1) is 5.82 Å². The largest absolute Gasteiger partial charge is 0.488 e. The average molecular weight is 364 g/mol. The second-order valence-electron chi connectivity index (χ2n) is 5.28. The molecule has 0 aromatic heterocycles. The van der Waals surface area contributed by atoms with Crippen molar-refractivity contribution in [1.29, 1.82) is 0 Å². The van der Waals surface area contributed by atoms with Crippen LogP contribution in [0.5, 0.6) is 5.75 Å². The maximum Gasteiger partial charge on any atom is 0.224 e. The second kappa shape index (κ2) is 6.48. The summed E-state index contributed by atoms with van der Waals surface area (Å²) >= 11 is 3.12. The van der Waals surface area contributed by atoms with E-state index in [9.17, 15) is 9.18 Å². The zero-order valence-corrected chi connectivity index (χ0v) is 13.4. The molecule has 0 bridgehead atoms. The summed E-state index contributed by atoms with van der Waals surface area (Å²) in [7, 11) is 0. The van der Waals surface area contributed by atoms with Crippen LogP contribution in [0.1, 0.15) is 11.1 Å². The number of fused-ring (bicyclic) bond motifs is 1. The van der Waals surface area contributed by atoms with Crippen LogP contribution in [0.2, 0.25) is 0 Å². The van der Waals surface area contributed by atoms with Gasteiger partial charge in [0.15, 0.2) is 0 Å². The van der Waals surface area contributed by atoms with Crippen molar-refractivity contribution in [2.24, 2.45) is 0 Å². The van der Waals surface area contributed by atoms with Gasteiger partial charge in [-0.15, -0.1) is 0 Å². The number of carbonyl (C=O) groups is 1. The molecule has 0 fully saturated rings. The Bertz CT molecular complexity index is 680. The summed E-state index contributed by atoms with van der Waals surface area (Å²) in [5.74, 6) is 0.462. The van der Waals surface area contributed by atoms with Crippen molar-refractivity contribution in [2.75, 3.05) is 6.54 Å². The maximum absolute atomic E-state index is 13.2. The Balaban J connectivity index is 1.50. The van der Waals surface area contributed by atoms with Crippen LogP contribution in [0.3, 0.4) is 0 Å². The molecule has 2 aromatic carbocycles. The summed E-state index contributed by atoms with van der Waals surface area (Å²) in [5.41, 5.74) is 1.94. The van der Waals surface area contributed by atoms with Crippen LogP contribution in [0.4, 0.5) is 4.39 Å². The van der Waals surface area contributed by atoms with Crippen LogP contribution >= 0.6 is 15.9 Å². The first-order chi connectivity index (χ1) is 10.6. The zero-order chi connectivity index (χ0) is 15.5. The molecule has 0 aliphatic carbocycles. The molecule has 1 amide bonds. The average Bonchev–Trinajstić information content (AvgIpc) is 2.92. The van der Waals surface area contributed by atoms with Gasteiger partial charge >= 0.3 is 0 Å². The summed E-state index contributed by atoms with van der Waals surface area (Å²) in [4.78, 5) is 12.0. The second-order valence-corrected chi connectivity index (χ2v) is 6.14. The molecule has 0 saturated carbocycles. The minimum atomic E-state index is -0.332. The fourth-order valence-corrected chi connectivity index (χ4v) is 2.92. The number of nitrogens with one attached hydrogen (secondary N) is 1. The Labute approximate surface area is 136 Å². The van der Waals surface area contributed by atoms with Crippen molar-refractivity contribution < 1.29 is 13.9 Å². The normalized spacial score (nSPS) is 16.0. The molecule has 2 aromatic rings. The summed E-state index contributed by atoms with van der Waals surface area (Å²) in [6.07, 6.45) is 0.998. The third-order valence-corrected chi connectivity index (χ3v) is 4.20. The lowest BCUT2D eigenvalue weighted by molar-refractivity contribution is -0.120. The lowest BCUT2D eigenvalue weighted by atomic mass is 10.1. The fraction of sp³-hybridized carbons (Fsp3) is 0.235. The first-order valence-corrected chi connectivity index (χ1v) is 7.86. The lowest BCUT2D eigenvalue weighted by Crippen LogP contribution is -2.35. The van der Waals surface area contributed by atoms with Crippen molar-refractivity contribution >= 4 is 21.8 Å². The van der Waals surface area contributed by atoms with Crippen molar-refractivity contribution in [2.45, 2.75) is 18.9 Å². The van der Waals surface area contributed by atoms with Gasteiger partial charge in [0.05, 0.1) is 17.4 Å². The minimum absolute atomic E-state index is 0.0266. The molecular formula is C17H15BrFNO2. The van der Waals surface area contributed by atoms with Crippen LogP contribution < -0.4 is 10.1 Å². The standard InChI is InChI=1S/C17H15BrFNO2/c18-14-7-11(5-6-15(14)19)8-17(21)20-10-13-9-12-3-1-2-4-16(12)22-13/h1-7,13H,8-10H2,(H,20,21)/t13-/m0/s1. The number of rotatable bonds is 4. The molecule has 1 aliphatic rings. The van der Waals surface area contributed by atoms with E-state index in [1.165, 1.54) is 11.6 Å². The summed E-state index contributed by atoms with van der Waals surface area (Å²) in [5, 5.41) is 2.87. The predicted molar refractivity (Wildman–Crippen MR) is 85.4 cm³/mol. The van der Waals surface area contributed by atoms with Gasteiger partial charge < -0.3 is 10.1 Å². The van der Waals surface area contributed by atoms with Crippen molar-refractivity contribution in [3.63, 3.8) is 0 Å². The maximum atomic E-state index is 13.2. The Morgan fingerprint density at radius 3 is 2.91 bits per heavy atom. The van der Waals surface area contributed by atoms with Crippen LogP contribution in [0.25, 0.3) is 0 Å². The number of hydrogen-bond donors (Lipinski definition) is 1. The highest BCUT2D eigenvalue weighted by Gasteiger charge is 2.22. The molecule has 3 nitrogen and oxygen atoms in total. The van der Waals surface area contributed by atoms with E-state index >= 15 is 0 Å². The quantitative estimate of drug-likeness (QED) is 0.905. The highest BCUT2D eigenvalue weighted by molar-refractivity contribution is 9.10. The van der Waals surface area contributed by atoms with Crippen LogP contribution in [-0.4, -0.2) is 18.6 Å². The molecule has 114 valence electrons. The van der Waals surface area contributed by atoms with Crippen LogP contribution in [0.15, 0.2) is 46.9 Å². The molecular weight excluding hydrogens is 349 g/mol. The number of para-hydroxylation sites is 1. The van der Waals surface area contributed by atoms with Gasteiger partial charge in [-0.25, -0.2) is 4.39 Å². The van der Waals surface area contributed by atoms with Crippen molar-refractivity contribution in [3.05, 3.63) is 63.9 Å². The van der Waals surface area contributed by atoms with E-state index in [-0.39, 0.29) is 24.2 Å². The highest BCUT2D eigenvalue weighted by atomic mass is 79.9. The molecule has 3 rings (SSSR count). The Kier molecular flexibility index (Phi) is 4.43. The van der Waals surface area contributed by atoms with Crippen molar-refractivity contribution in [1.82, 2.24) is 5.32 Å². The van der Waals surface area contributed by atoms with Gasteiger partial charge in [-0.2, -0.15) is 0 Å². The Morgan fingerprint density at radius 1 is 1.32 bits per heavy atom. The monoisotopic (exact) mass is 363 g/mol. The van der Waals surface area contributed by atoms with Gasteiger partial charge in [-0.05, 0) is 45.3 Å². The summed E-state index contributed by atoms with van der Waals surface area (Å²) in [6.45, 7) is 0.468. The number of benzene rings is 2. The zero-order valence-electron chi connectivity index (χ0n) is 11.8. The van der Waals surface area contributed by atoms with Gasteiger partial charge in [0.2, 0.25) is 5.91 Å². The van der Waals surface area contributed by atoms with Gasteiger partial charge in [0.1, 0.15) is 17.7 Å². The molecule has 1 heterocycles. The third kappa shape index (κ3) is 3.47. The molecule has 1 aliphatic heterocycles. The first kappa shape index (κ1) is 15.0. The van der Waals surface area contributed by atoms with Gasteiger partial charge in [0, 0.05) is 6.42 Å². The number of carbonyl (C=O) groups excluding carboxylic acids is 1. The van der Waals surface area contributed by atoms with E-state index in [0.29, 0.717) is 11.0 Å². The SMILES string of the molecule is O=C(Cc1ccc(F)c(Br)c1)NC[C@@H]1Cc2ccccc2O1. The number of amides is 1. The molecule has 0 radical (unpaired) electrons. The number of hydrogen-bond acceptors (Lipinski definition) is 2. The molecule has 0 spiro atoms. The molecule has 22 heavy (non-hydrogen) atoms. The van der Waals surface area contributed by atoms with E-state index in [1.807, 2.05) is 24.3 Å². The summed E-state index contributed by atoms with van der Waals surface area (Å²) in [6, 6.07) is 12.5. The van der Waals surface area contributed by atoms with Crippen LogP contribution in [-0.2, 0) is 17.6 Å². The minimum Gasteiger partial charge on any atom is -0.488 e. The van der Waals surface area contributed by atoms with E-state index in [0.717, 1.165) is 17.7 Å². The summed E-state index contributed by atoms with van der Waals surface area (Å²) < 4.78 is 19.3. The lowest BCUT2D eigenvalue weighted by Gasteiger charge is -2.12. The van der Waals surface area contributed by atoms with Crippen molar-refractivity contribution in [3.8, 4) is 5.75 Å². The van der Waals surface area contributed by atoms with E-state index in [1.54, 1.807) is 12.1 Å². The highest BCUT2D eigenvalue weighted by Crippen LogP contribution is 2.27. The molecule has 1 atom stereocenters. The van der Waals surface area contributed by atoms with Gasteiger partial charge in [-0.1, -0.05) is 24.3 Å². The first-order valence-electron chi connectivity index (χ1n) is 7.07. The van der Waals surface area contributed by atoms with E-state index < -0.39 is 0 Å². The smallest absolute Gasteiger partial charge is 0.224 e. The van der Waals surface area contributed by atoms with Gasteiger partial charge in [-0.3, -0.25) is 4.79 Å². The molecule has 5 heteroatoms. The topological polar surface area (TPSA) is 38.3 Å². The number of ether oxygens (including phenoxy) is 1. The number of halogens is 2. The fourth-order valence-electron chi connectivity index (χ4n) is 2.49. The van der Waals surface area contributed by atoms with E-state index in [4.69, 9.17) is 4.74 Å². The molecule has 0 saturated heterocycles. The Morgan fingerprint density at radius 2 is 2.14 bits per heavy atom. The third-order valence-electron chi connectivity index (χ3n) is 3.59. The Hall–Kier alpha value is -1.88. The van der Waals surface area contributed by atoms with E-state index in [2.05, 4.69) is 21.2 Å². The molecule has 1 N–H and O–H groups in total. The molecule has 0 unspecified atom stereocenters. The van der Waals surface area contributed by atoms with Gasteiger partial charge in [0.25, 0.3) is 0 Å². The predicted octanol–water partition coefficient (Wildman–Crippen LogP) is 3.25.